The molecule has 6 heteroatoms. The van der Waals surface area contributed by atoms with Crippen molar-refractivity contribution < 1.29 is 14.4 Å². The van der Waals surface area contributed by atoms with E-state index in [1.165, 1.54) is 0 Å². The van der Waals surface area contributed by atoms with Crippen LogP contribution in [0.3, 0.4) is 0 Å². The van der Waals surface area contributed by atoms with E-state index in [-0.39, 0.29) is 17.8 Å². The number of aliphatic hydroxyl groups excluding tert-OH is 1. The quantitative estimate of drug-likeness (QED) is 0.746. The maximum atomic E-state index is 8.87. The fraction of sp³-hybridized carbons (Fsp3) is 0.636. The summed E-state index contributed by atoms with van der Waals surface area (Å²) >= 11 is 0. The highest BCUT2D eigenvalue weighted by atomic mass is 16.7. The number of hydrogen-bond acceptors (Lipinski definition) is 5. The molecule has 0 amide bonds. The van der Waals surface area contributed by atoms with Crippen LogP contribution < -0.4 is 5.46 Å². The van der Waals surface area contributed by atoms with Crippen molar-refractivity contribution >= 4 is 12.6 Å². The Morgan fingerprint density at radius 1 is 1.12 bits per heavy atom. The van der Waals surface area contributed by atoms with Crippen LogP contribution in [0.5, 0.6) is 0 Å². The molecule has 0 aliphatic carbocycles. The van der Waals surface area contributed by atoms with E-state index in [1.54, 1.807) is 12.4 Å². The number of aliphatic hydroxyl groups is 1. The minimum atomic E-state index is -0.451. The molecule has 2 heterocycles. The average Bonchev–Trinajstić information content (AvgIpc) is 2.48. The molecule has 1 aliphatic rings. The van der Waals surface area contributed by atoms with Crippen molar-refractivity contribution in [3.63, 3.8) is 0 Å². The third-order valence-electron chi connectivity index (χ3n) is 3.39. The summed E-state index contributed by atoms with van der Waals surface area (Å²) in [6.45, 7) is 7.82. The summed E-state index contributed by atoms with van der Waals surface area (Å²) in [6.07, 6.45) is 3.25. The maximum Gasteiger partial charge on any atom is 0.498 e. The second kappa shape index (κ2) is 4.05. The molecule has 92 valence electrons. The van der Waals surface area contributed by atoms with E-state index < -0.39 is 7.12 Å². The van der Waals surface area contributed by atoms with Gasteiger partial charge in [0.2, 0.25) is 0 Å². The molecule has 0 unspecified atom stereocenters. The third-order valence-corrected chi connectivity index (χ3v) is 3.39. The van der Waals surface area contributed by atoms with Crippen LogP contribution in [-0.4, -0.2) is 33.4 Å². The van der Waals surface area contributed by atoms with Crippen molar-refractivity contribution in [3.05, 3.63) is 18.2 Å². The van der Waals surface area contributed by atoms with Crippen LogP contribution in [0.4, 0.5) is 0 Å². The molecule has 17 heavy (non-hydrogen) atoms. The molecular weight excluding hydrogens is 219 g/mol. The molecule has 1 aromatic rings. The van der Waals surface area contributed by atoms with Crippen LogP contribution in [0.15, 0.2) is 12.4 Å². The van der Waals surface area contributed by atoms with Crippen molar-refractivity contribution in [1.82, 2.24) is 9.97 Å². The van der Waals surface area contributed by atoms with Crippen molar-refractivity contribution in [1.29, 1.82) is 0 Å². The predicted molar refractivity (Wildman–Crippen MR) is 63.7 cm³/mol. The summed E-state index contributed by atoms with van der Waals surface area (Å²) in [5.74, 6) is 0.394. The zero-order valence-corrected chi connectivity index (χ0v) is 10.6. The number of nitrogens with zero attached hydrogens (tertiary/aromatic N) is 2. The third kappa shape index (κ3) is 2.20. The second-order valence-electron chi connectivity index (χ2n) is 5.18. The molecule has 1 aliphatic heterocycles. The summed E-state index contributed by atoms with van der Waals surface area (Å²) in [4.78, 5) is 8.03. The summed E-state index contributed by atoms with van der Waals surface area (Å²) in [5, 5.41) is 8.87. The van der Waals surface area contributed by atoms with E-state index >= 15 is 0 Å². The first-order chi connectivity index (χ1) is 7.86. The van der Waals surface area contributed by atoms with Gasteiger partial charge in [-0.05, 0) is 27.7 Å². The van der Waals surface area contributed by atoms with Crippen molar-refractivity contribution in [2.24, 2.45) is 0 Å². The first-order valence-corrected chi connectivity index (χ1v) is 5.63. The molecule has 0 aromatic carbocycles. The maximum absolute atomic E-state index is 8.87. The molecular formula is C11H17BN2O3. The molecule has 0 atom stereocenters. The molecule has 1 N–H and O–H groups in total. The Bertz CT molecular complexity index is 390. The van der Waals surface area contributed by atoms with Gasteiger partial charge in [-0.3, -0.25) is 0 Å². The molecule has 2 rings (SSSR count). The number of rotatable bonds is 2. The van der Waals surface area contributed by atoms with Gasteiger partial charge in [0.25, 0.3) is 0 Å². The van der Waals surface area contributed by atoms with Crippen LogP contribution in [0.1, 0.15) is 33.5 Å². The van der Waals surface area contributed by atoms with Gasteiger partial charge in [-0.2, -0.15) is 0 Å². The minimum absolute atomic E-state index is 0.163. The van der Waals surface area contributed by atoms with Crippen molar-refractivity contribution in [3.8, 4) is 0 Å². The summed E-state index contributed by atoms with van der Waals surface area (Å²) in [7, 11) is -0.451. The van der Waals surface area contributed by atoms with Gasteiger partial charge >= 0.3 is 7.12 Å². The van der Waals surface area contributed by atoms with E-state index in [0.29, 0.717) is 5.82 Å². The zero-order chi connectivity index (χ0) is 12.7. The molecule has 5 nitrogen and oxygen atoms in total. The Morgan fingerprint density at radius 3 is 2.00 bits per heavy atom. The first-order valence-electron chi connectivity index (χ1n) is 5.63. The Balaban J connectivity index is 2.20. The van der Waals surface area contributed by atoms with Gasteiger partial charge in [0.05, 0.1) is 11.2 Å². The van der Waals surface area contributed by atoms with Crippen molar-refractivity contribution in [2.45, 2.75) is 45.5 Å². The Hall–Kier alpha value is -0.975. The zero-order valence-electron chi connectivity index (χ0n) is 10.6. The summed E-state index contributed by atoms with van der Waals surface area (Å²) < 4.78 is 11.7. The van der Waals surface area contributed by atoms with E-state index in [4.69, 9.17) is 14.4 Å². The first kappa shape index (κ1) is 12.5. The van der Waals surface area contributed by atoms with Crippen molar-refractivity contribution in [2.75, 3.05) is 0 Å². The molecule has 1 fully saturated rings. The van der Waals surface area contributed by atoms with Crippen LogP contribution in [0.25, 0.3) is 0 Å². The molecule has 0 bridgehead atoms. The van der Waals surface area contributed by atoms with Gasteiger partial charge in [-0.25, -0.2) is 9.97 Å². The summed E-state index contributed by atoms with van der Waals surface area (Å²) in [6, 6.07) is 0. The fourth-order valence-electron chi connectivity index (χ4n) is 1.55. The Morgan fingerprint density at radius 2 is 1.59 bits per heavy atom. The Labute approximate surface area is 101 Å². The van der Waals surface area contributed by atoms with Crippen LogP contribution in [0, 0.1) is 0 Å². The number of aromatic nitrogens is 2. The van der Waals surface area contributed by atoms with Gasteiger partial charge in [0.15, 0.2) is 5.82 Å². The van der Waals surface area contributed by atoms with E-state index in [9.17, 15) is 0 Å². The van der Waals surface area contributed by atoms with E-state index in [1.807, 2.05) is 27.7 Å². The second-order valence-corrected chi connectivity index (χ2v) is 5.18. The largest absolute Gasteiger partial charge is 0.498 e. The van der Waals surface area contributed by atoms with Gasteiger partial charge < -0.3 is 14.4 Å². The van der Waals surface area contributed by atoms with Crippen LogP contribution >= 0.6 is 0 Å². The lowest BCUT2D eigenvalue weighted by Crippen LogP contribution is -2.41. The Kier molecular flexibility index (Phi) is 2.97. The lowest BCUT2D eigenvalue weighted by molar-refractivity contribution is 0.00578. The van der Waals surface area contributed by atoms with E-state index in [2.05, 4.69) is 9.97 Å². The lowest BCUT2D eigenvalue weighted by atomic mass is 9.81. The van der Waals surface area contributed by atoms with Gasteiger partial charge in [0.1, 0.15) is 6.61 Å². The van der Waals surface area contributed by atoms with Crippen LogP contribution in [0.2, 0.25) is 0 Å². The van der Waals surface area contributed by atoms with Gasteiger partial charge in [-0.1, -0.05) is 0 Å². The highest BCUT2D eigenvalue weighted by Gasteiger charge is 2.51. The minimum Gasteiger partial charge on any atom is -0.399 e. The normalized spacial score (nSPS) is 21.8. The van der Waals surface area contributed by atoms with Crippen LogP contribution in [-0.2, 0) is 15.9 Å². The molecule has 0 radical (unpaired) electrons. The summed E-state index contributed by atoms with van der Waals surface area (Å²) in [5.41, 5.74) is 0.0292. The monoisotopic (exact) mass is 236 g/mol. The topological polar surface area (TPSA) is 64.5 Å². The molecule has 0 saturated carbocycles. The standard InChI is InChI=1S/C11H17BN2O3/c1-10(2)11(3,4)17-12(16-10)8-5-13-9(7-15)14-6-8/h5-6,15H,7H2,1-4H3. The average molecular weight is 236 g/mol. The van der Waals surface area contributed by atoms with Gasteiger partial charge in [-0.15, -0.1) is 0 Å². The predicted octanol–water partition coefficient (Wildman–Crippen LogP) is 0.268. The SMILES string of the molecule is CC1(C)OB(c2cnc(CO)nc2)OC1(C)C. The molecule has 1 saturated heterocycles. The molecule has 1 aromatic heterocycles. The smallest absolute Gasteiger partial charge is 0.399 e. The fourth-order valence-corrected chi connectivity index (χ4v) is 1.55. The highest BCUT2D eigenvalue weighted by Crippen LogP contribution is 2.36. The lowest BCUT2D eigenvalue weighted by Gasteiger charge is -2.32. The van der Waals surface area contributed by atoms with E-state index in [0.717, 1.165) is 5.46 Å². The molecule has 0 spiro atoms. The highest BCUT2D eigenvalue weighted by molar-refractivity contribution is 6.61. The number of hydrogen-bond donors (Lipinski definition) is 1. The van der Waals surface area contributed by atoms with Gasteiger partial charge in [0, 0.05) is 17.9 Å².